The number of hydrogen-bond donors (Lipinski definition) is 0. The molecule has 7 heteroatoms. The van der Waals surface area contributed by atoms with Crippen molar-refractivity contribution in [2.45, 2.75) is 70.6 Å². The Hall–Kier alpha value is -1.57. The number of carbonyl (C=O) groups is 2. The standard InChI is InChI=1S/C20H28O6S/c1-5-16-17(24-13(3)21)18(23-12-15-10-8-7-9-11-15)19(25-14(4)22)20(26-16)27-6-2/h7-11,16-20H,5-6,12H2,1-4H3/t16?,17-,18-,19?,20?/m1/s1. The minimum Gasteiger partial charge on any atom is -0.457 e. The van der Waals surface area contributed by atoms with Crippen LogP contribution in [0, 0.1) is 0 Å². The largest absolute Gasteiger partial charge is 0.457 e. The summed E-state index contributed by atoms with van der Waals surface area (Å²) < 4.78 is 23.4. The Morgan fingerprint density at radius 2 is 1.63 bits per heavy atom. The van der Waals surface area contributed by atoms with Gasteiger partial charge in [0.1, 0.15) is 11.5 Å². The molecule has 0 saturated carbocycles. The molecule has 0 N–H and O–H groups in total. The average molecular weight is 397 g/mol. The van der Waals surface area contributed by atoms with E-state index in [9.17, 15) is 9.59 Å². The minimum absolute atomic E-state index is 0.320. The SMILES string of the molecule is CCSC1OC(CC)[C@@H](OC(C)=O)[C@@H](OCc2ccccc2)C1OC(C)=O. The fourth-order valence-electron chi connectivity index (χ4n) is 3.11. The van der Waals surface area contributed by atoms with Gasteiger partial charge >= 0.3 is 11.9 Å². The molecule has 0 radical (unpaired) electrons. The fraction of sp³-hybridized carbons (Fsp3) is 0.600. The molecule has 0 spiro atoms. The van der Waals surface area contributed by atoms with E-state index in [0.29, 0.717) is 13.0 Å². The van der Waals surface area contributed by atoms with Crippen molar-refractivity contribution in [3.05, 3.63) is 35.9 Å². The van der Waals surface area contributed by atoms with Crippen molar-refractivity contribution in [2.24, 2.45) is 0 Å². The van der Waals surface area contributed by atoms with Crippen LogP contribution in [0.5, 0.6) is 0 Å². The van der Waals surface area contributed by atoms with E-state index in [1.165, 1.54) is 13.8 Å². The van der Waals surface area contributed by atoms with E-state index in [4.69, 9.17) is 18.9 Å². The molecule has 1 aromatic carbocycles. The van der Waals surface area contributed by atoms with Gasteiger partial charge in [0.2, 0.25) is 0 Å². The number of thioether (sulfide) groups is 1. The van der Waals surface area contributed by atoms with Gasteiger partial charge in [-0.3, -0.25) is 9.59 Å². The second-order valence-corrected chi connectivity index (χ2v) is 7.69. The summed E-state index contributed by atoms with van der Waals surface area (Å²) in [7, 11) is 0. The van der Waals surface area contributed by atoms with Crippen LogP contribution in [0.1, 0.15) is 39.7 Å². The number of ether oxygens (including phenoxy) is 4. The average Bonchev–Trinajstić information content (AvgIpc) is 2.63. The van der Waals surface area contributed by atoms with Crippen molar-refractivity contribution in [1.82, 2.24) is 0 Å². The van der Waals surface area contributed by atoms with Crippen molar-refractivity contribution in [2.75, 3.05) is 5.75 Å². The van der Waals surface area contributed by atoms with Crippen LogP contribution in [0.25, 0.3) is 0 Å². The highest BCUT2D eigenvalue weighted by molar-refractivity contribution is 7.99. The number of rotatable bonds is 8. The fourth-order valence-corrected chi connectivity index (χ4v) is 4.06. The molecule has 2 rings (SSSR count). The van der Waals surface area contributed by atoms with Gasteiger partial charge in [-0.2, -0.15) is 0 Å². The maximum Gasteiger partial charge on any atom is 0.303 e. The number of benzene rings is 1. The second-order valence-electron chi connectivity index (χ2n) is 6.32. The highest BCUT2D eigenvalue weighted by Crippen LogP contribution is 2.35. The number of carbonyl (C=O) groups excluding carboxylic acids is 2. The molecule has 0 bridgehead atoms. The zero-order chi connectivity index (χ0) is 19.8. The van der Waals surface area contributed by atoms with Crippen LogP contribution in [-0.2, 0) is 35.1 Å². The van der Waals surface area contributed by atoms with Crippen molar-refractivity contribution in [3.8, 4) is 0 Å². The zero-order valence-corrected chi connectivity index (χ0v) is 17.1. The van der Waals surface area contributed by atoms with Gasteiger partial charge in [0.05, 0.1) is 12.7 Å². The van der Waals surface area contributed by atoms with E-state index in [1.54, 1.807) is 11.8 Å². The van der Waals surface area contributed by atoms with Gasteiger partial charge in [-0.15, -0.1) is 11.8 Å². The third-order valence-corrected chi connectivity index (χ3v) is 5.26. The van der Waals surface area contributed by atoms with Crippen molar-refractivity contribution < 1.29 is 28.5 Å². The van der Waals surface area contributed by atoms with Gasteiger partial charge in [0.25, 0.3) is 0 Å². The van der Waals surface area contributed by atoms with Crippen LogP contribution in [0.2, 0.25) is 0 Å². The van der Waals surface area contributed by atoms with Gasteiger partial charge in [-0.1, -0.05) is 44.2 Å². The zero-order valence-electron chi connectivity index (χ0n) is 16.3. The summed E-state index contributed by atoms with van der Waals surface area (Å²) in [5, 5.41) is 0. The first-order valence-electron chi connectivity index (χ1n) is 9.23. The van der Waals surface area contributed by atoms with Crippen molar-refractivity contribution in [3.63, 3.8) is 0 Å². The second kappa shape index (κ2) is 10.7. The Balaban J connectivity index is 2.29. The molecule has 27 heavy (non-hydrogen) atoms. The first kappa shape index (κ1) is 21.7. The Kier molecular flexibility index (Phi) is 8.60. The molecule has 5 atom stereocenters. The Morgan fingerprint density at radius 3 is 2.19 bits per heavy atom. The molecule has 1 aromatic rings. The summed E-state index contributed by atoms with van der Waals surface area (Å²) in [4.78, 5) is 23.4. The third-order valence-electron chi connectivity index (χ3n) is 4.21. The topological polar surface area (TPSA) is 71.1 Å². The van der Waals surface area contributed by atoms with Crippen molar-refractivity contribution in [1.29, 1.82) is 0 Å². The van der Waals surface area contributed by atoms with Gasteiger partial charge in [0, 0.05) is 13.8 Å². The van der Waals surface area contributed by atoms with Crippen LogP contribution in [0.4, 0.5) is 0 Å². The Labute approximate surface area is 164 Å². The maximum absolute atomic E-state index is 11.7. The highest BCUT2D eigenvalue weighted by atomic mass is 32.2. The molecule has 0 amide bonds. The molecule has 1 fully saturated rings. The summed E-state index contributed by atoms with van der Waals surface area (Å²) in [5.41, 5.74) is 0.608. The summed E-state index contributed by atoms with van der Waals surface area (Å²) in [6.07, 6.45) is -1.60. The van der Waals surface area contributed by atoms with E-state index in [2.05, 4.69) is 0 Å². The number of hydrogen-bond acceptors (Lipinski definition) is 7. The van der Waals surface area contributed by atoms with Gasteiger partial charge in [0.15, 0.2) is 12.2 Å². The van der Waals surface area contributed by atoms with Crippen LogP contribution in [0.15, 0.2) is 30.3 Å². The molecule has 6 nitrogen and oxygen atoms in total. The third kappa shape index (κ3) is 6.23. The lowest BCUT2D eigenvalue weighted by molar-refractivity contribution is -0.236. The molecule has 1 heterocycles. The molecule has 1 aliphatic heterocycles. The molecule has 1 aliphatic rings. The quantitative estimate of drug-likeness (QED) is 0.624. The molecule has 1 saturated heterocycles. The predicted octanol–water partition coefficient (Wildman–Crippen LogP) is 3.32. The maximum atomic E-state index is 11.7. The smallest absolute Gasteiger partial charge is 0.303 e. The van der Waals surface area contributed by atoms with E-state index in [0.717, 1.165) is 11.3 Å². The molecule has 0 aliphatic carbocycles. The first-order valence-corrected chi connectivity index (χ1v) is 10.3. The molecule has 150 valence electrons. The Morgan fingerprint density at radius 1 is 1.00 bits per heavy atom. The molecular weight excluding hydrogens is 368 g/mol. The lowest BCUT2D eigenvalue weighted by Crippen LogP contribution is -2.59. The van der Waals surface area contributed by atoms with Gasteiger partial charge in [-0.25, -0.2) is 0 Å². The van der Waals surface area contributed by atoms with Crippen LogP contribution < -0.4 is 0 Å². The predicted molar refractivity (Wildman–Crippen MR) is 103 cm³/mol. The summed E-state index contributed by atoms with van der Waals surface area (Å²) in [6, 6.07) is 9.70. The summed E-state index contributed by atoms with van der Waals surface area (Å²) in [5.74, 6) is -0.0450. The lowest BCUT2D eigenvalue weighted by Gasteiger charge is -2.44. The van der Waals surface area contributed by atoms with Crippen LogP contribution in [-0.4, -0.2) is 47.5 Å². The highest BCUT2D eigenvalue weighted by Gasteiger charge is 2.49. The molecule has 3 unspecified atom stereocenters. The number of esters is 2. The van der Waals surface area contributed by atoms with E-state index < -0.39 is 30.3 Å². The van der Waals surface area contributed by atoms with Crippen LogP contribution in [0.3, 0.4) is 0 Å². The molecular formula is C20H28O6S. The molecule has 0 aromatic heterocycles. The monoisotopic (exact) mass is 396 g/mol. The van der Waals surface area contributed by atoms with E-state index in [1.807, 2.05) is 44.2 Å². The normalized spacial score (nSPS) is 27.8. The van der Waals surface area contributed by atoms with Gasteiger partial charge < -0.3 is 18.9 Å². The first-order chi connectivity index (χ1) is 13.0. The lowest BCUT2D eigenvalue weighted by atomic mass is 9.97. The summed E-state index contributed by atoms with van der Waals surface area (Å²) in [6.45, 7) is 7.01. The van der Waals surface area contributed by atoms with Crippen LogP contribution >= 0.6 is 11.8 Å². The van der Waals surface area contributed by atoms with E-state index >= 15 is 0 Å². The Bertz CT molecular complexity index is 608. The van der Waals surface area contributed by atoms with Gasteiger partial charge in [-0.05, 0) is 17.7 Å². The van der Waals surface area contributed by atoms with Crippen molar-refractivity contribution >= 4 is 23.7 Å². The summed E-state index contributed by atoms with van der Waals surface area (Å²) >= 11 is 1.55. The van der Waals surface area contributed by atoms with E-state index in [-0.39, 0.29) is 11.5 Å². The minimum atomic E-state index is -0.664.